The fourth-order valence-electron chi connectivity index (χ4n) is 3.41. The molecule has 1 aromatic carbocycles. The third-order valence-corrected chi connectivity index (χ3v) is 9.61. The number of fused-ring (bicyclic) bond motifs is 1. The van der Waals surface area contributed by atoms with E-state index in [1.807, 2.05) is 22.9 Å². The molecule has 0 radical (unpaired) electrons. The van der Waals surface area contributed by atoms with E-state index in [0.717, 1.165) is 21.8 Å². The Hall–Kier alpha value is -3.32. The summed E-state index contributed by atoms with van der Waals surface area (Å²) < 4.78 is 33.4. The van der Waals surface area contributed by atoms with Crippen molar-refractivity contribution in [1.82, 2.24) is 9.97 Å². The van der Waals surface area contributed by atoms with Crippen molar-refractivity contribution in [1.29, 1.82) is 0 Å². The molecule has 0 fully saturated rings. The molecular weight excluding hydrogens is 527 g/mol. The highest BCUT2D eigenvalue weighted by Gasteiger charge is 2.23. The molecule has 0 aliphatic heterocycles. The number of sulfonamides is 1. The molecule has 1 atom stereocenters. The largest absolute Gasteiger partial charge is 0.451 e. The first-order chi connectivity index (χ1) is 16.8. The molecule has 12 heteroatoms. The molecule has 8 nitrogen and oxygen atoms in total. The first-order valence-electron chi connectivity index (χ1n) is 10.2. The number of para-hydroxylation sites is 1. The van der Waals surface area contributed by atoms with Gasteiger partial charge in [-0.25, -0.2) is 18.2 Å². The van der Waals surface area contributed by atoms with Gasteiger partial charge in [0, 0.05) is 15.8 Å². The fourth-order valence-corrected chi connectivity index (χ4v) is 7.25. The van der Waals surface area contributed by atoms with E-state index in [4.69, 9.17) is 4.74 Å². The Bertz CT molecular complexity index is 1670. The molecule has 0 aliphatic carbocycles. The van der Waals surface area contributed by atoms with E-state index in [9.17, 15) is 18.0 Å². The van der Waals surface area contributed by atoms with Crippen molar-refractivity contribution in [3.63, 3.8) is 0 Å². The molecular formula is C23H17N3O5S4. The lowest BCUT2D eigenvalue weighted by Gasteiger charge is -2.15. The highest BCUT2D eigenvalue weighted by molar-refractivity contribution is 7.94. The Morgan fingerprint density at radius 2 is 1.83 bits per heavy atom. The Labute approximate surface area is 211 Å². The van der Waals surface area contributed by atoms with Crippen molar-refractivity contribution in [3.8, 4) is 10.4 Å². The minimum absolute atomic E-state index is 0.0408. The van der Waals surface area contributed by atoms with Gasteiger partial charge in [-0.3, -0.25) is 9.52 Å². The van der Waals surface area contributed by atoms with Gasteiger partial charge < -0.3 is 9.72 Å². The van der Waals surface area contributed by atoms with Gasteiger partial charge in [-0.15, -0.1) is 34.0 Å². The number of nitrogens with one attached hydrogen (secondary N) is 2. The van der Waals surface area contributed by atoms with E-state index in [1.165, 1.54) is 40.9 Å². The molecule has 35 heavy (non-hydrogen) atoms. The van der Waals surface area contributed by atoms with E-state index in [-0.39, 0.29) is 26.8 Å². The molecule has 0 spiro atoms. The number of H-pyrrole nitrogens is 1. The van der Waals surface area contributed by atoms with E-state index in [1.54, 1.807) is 30.5 Å². The van der Waals surface area contributed by atoms with Crippen LogP contribution in [0.4, 0.5) is 5.69 Å². The van der Waals surface area contributed by atoms with Crippen LogP contribution < -0.4 is 10.3 Å². The van der Waals surface area contributed by atoms with Gasteiger partial charge in [0.2, 0.25) is 0 Å². The van der Waals surface area contributed by atoms with Gasteiger partial charge in [0.25, 0.3) is 15.6 Å². The number of esters is 1. The van der Waals surface area contributed by atoms with E-state index in [2.05, 4.69) is 14.7 Å². The van der Waals surface area contributed by atoms with Crippen LogP contribution in [0.15, 0.2) is 73.7 Å². The second kappa shape index (κ2) is 9.38. The molecule has 5 rings (SSSR count). The van der Waals surface area contributed by atoms with Crippen molar-refractivity contribution in [2.75, 3.05) is 4.72 Å². The smallest absolute Gasteiger partial charge is 0.340 e. The molecule has 0 saturated heterocycles. The Morgan fingerprint density at radius 3 is 2.57 bits per heavy atom. The van der Waals surface area contributed by atoms with Gasteiger partial charge >= 0.3 is 5.97 Å². The lowest BCUT2D eigenvalue weighted by atomic mass is 10.2. The summed E-state index contributed by atoms with van der Waals surface area (Å²) in [6.45, 7) is 1.59. The molecule has 1 unspecified atom stereocenters. The third-order valence-electron chi connectivity index (χ3n) is 5.07. The second-order valence-electron chi connectivity index (χ2n) is 7.39. The molecule has 4 aromatic heterocycles. The van der Waals surface area contributed by atoms with Crippen molar-refractivity contribution < 1.29 is 17.9 Å². The Balaban J connectivity index is 1.40. The van der Waals surface area contributed by atoms with Crippen LogP contribution >= 0.6 is 34.0 Å². The van der Waals surface area contributed by atoms with E-state index in [0.29, 0.717) is 10.2 Å². The topological polar surface area (TPSA) is 118 Å². The zero-order valence-electron chi connectivity index (χ0n) is 18.0. The molecule has 178 valence electrons. The predicted octanol–water partition coefficient (Wildman–Crippen LogP) is 5.49. The average molecular weight is 544 g/mol. The average Bonchev–Trinajstić information content (AvgIpc) is 3.60. The first kappa shape index (κ1) is 23.4. The number of aromatic nitrogens is 2. The number of rotatable bonds is 7. The van der Waals surface area contributed by atoms with Crippen LogP contribution in [0.5, 0.6) is 0 Å². The molecule has 2 N–H and O–H groups in total. The summed E-state index contributed by atoms with van der Waals surface area (Å²) in [5.41, 5.74) is 0.631. The fraction of sp³-hybridized carbons (Fsp3) is 0.0870. The molecule has 0 bridgehead atoms. The molecule has 5 aromatic rings. The molecule has 0 saturated carbocycles. The van der Waals surface area contributed by atoms with Gasteiger partial charge in [0.05, 0.1) is 16.6 Å². The summed E-state index contributed by atoms with van der Waals surface area (Å²) in [5.74, 6) is -0.553. The number of ether oxygens (including phenoxy) is 1. The predicted molar refractivity (Wildman–Crippen MR) is 139 cm³/mol. The van der Waals surface area contributed by atoms with Crippen LogP contribution in [0.3, 0.4) is 0 Å². The van der Waals surface area contributed by atoms with Gasteiger partial charge in [-0.1, -0.05) is 24.3 Å². The number of hydrogen-bond donors (Lipinski definition) is 2. The summed E-state index contributed by atoms with van der Waals surface area (Å²) in [6, 6.07) is 13.1. The second-order valence-corrected chi connectivity index (χ2v) is 12.1. The first-order valence-corrected chi connectivity index (χ1v) is 14.4. The van der Waals surface area contributed by atoms with Crippen molar-refractivity contribution >= 4 is 65.9 Å². The minimum atomic E-state index is -3.85. The maximum atomic E-state index is 13.0. The summed E-state index contributed by atoms with van der Waals surface area (Å²) in [7, 11) is -3.85. The Morgan fingerprint density at radius 1 is 1.06 bits per heavy atom. The zero-order chi connectivity index (χ0) is 24.6. The number of carbonyl (C=O) groups excluding carboxylic acids is 1. The number of nitrogens with zero attached hydrogens (tertiary/aromatic N) is 1. The standard InChI is InChI=1S/C23H17N3O5S4/c1-13(20-24-21(27)19-15(12-34-22(19)25-20)17-8-4-10-32-17)31-23(28)14-6-2-3-7-16(14)26-35(29,30)18-9-5-11-33-18/h2-13,26H,1H3,(H,24,25,27). The van der Waals surface area contributed by atoms with Gasteiger partial charge in [0.1, 0.15) is 9.04 Å². The normalized spacial score (nSPS) is 12.5. The highest BCUT2D eigenvalue weighted by Crippen LogP contribution is 2.34. The van der Waals surface area contributed by atoms with E-state index >= 15 is 0 Å². The van der Waals surface area contributed by atoms with Gasteiger partial charge in [0.15, 0.2) is 11.9 Å². The summed E-state index contributed by atoms with van der Waals surface area (Å²) in [5, 5.41) is 5.97. The van der Waals surface area contributed by atoms with Crippen LogP contribution in [0.2, 0.25) is 0 Å². The van der Waals surface area contributed by atoms with Crippen LogP contribution in [0.25, 0.3) is 20.7 Å². The number of carbonyl (C=O) groups is 1. The number of thiophene rings is 3. The Kier molecular flexibility index (Phi) is 6.28. The number of hydrogen-bond acceptors (Lipinski definition) is 9. The van der Waals surface area contributed by atoms with Gasteiger partial charge in [-0.05, 0) is 41.9 Å². The van der Waals surface area contributed by atoms with E-state index < -0.39 is 22.1 Å². The maximum Gasteiger partial charge on any atom is 0.340 e. The van der Waals surface area contributed by atoms with Crippen molar-refractivity contribution in [2.24, 2.45) is 0 Å². The van der Waals surface area contributed by atoms with Crippen LogP contribution in [-0.2, 0) is 14.8 Å². The SMILES string of the molecule is CC(OC(=O)c1ccccc1NS(=O)(=O)c1cccs1)c1nc2scc(-c3cccs3)c2c(=O)[nH]1. The molecule has 0 amide bonds. The van der Waals surface area contributed by atoms with Crippen LogP contribution in [-0.4, -0.2) is 24.4 Å². The number of aromatic amines is 1. The summed E-state index contributed by atoms with van der Waals surface area (Å²) in [6.07, 6.45) is -0.881. The monoisotopic (exact) mass is 543 g/mol. The lowest BCUT2D eigenvalue weighted by Crippen LogP contribution is -2.19. The highest BCUT2D eigenvalue weighted by atomic mass is 32.2. The number of anilines is 1. The lowest BCUT2D eigenvalue weighted by molar-refractivity contribution is 0.0321. The summed E-state index contributed by atoms with van der Waals surface area (Å²) in [4.78, 5) is 34.6. The summed E-state index contributed by atoms with van der Waals surface area (Å²) >= 11 is 3.94. The van der Waals surface area contributed by atoms with Crippen molar-refractivity contribution in [2.45, 2.75) is 17.2 Å². The zero-order valence-corrected chi connectivity index (χ0v) is 21.3. The maximum absolute atomic E-state index is 13.0. The molecule has 0 aliphatic rings. The molecule has 4 heterocycles. The minimum Gasteiger partial charge on any atom is -0.451 e. The van der Waals surface area contributed by atoms with Gasteiger partial charge in [-0.2, -0.15) is 0 Å². The number of benzene rings is 1. The van der Waals surface area contributed by atoms with Crippen LogP contribution in [0, 0.1) is 0 Å². The van der Waals surface area contributed by atoms with Crippen molar-refractivity contribution in [3.05, 3.63) is 86.4 Å². The quantitative estimate of drug-likeness (QED) is 0.262. The third kappa shape index (κ3) is 4.65. The van der Waals surface area contributed by atoms with Crippen LogP contribution in [0.1, 0.15) is 29.2 Å².